The second-order valence-electron chi connectivity index (χ2n) is 6.11. The Balaban J connectivity index is 1.87. The van der Waals surface area contributed by atoms with Gasteiger partial charge in [0.05, 0.1) is 0 Å². The van der Waals surface area contributed by atoms with Gasteiger partial charge < -0.3 is 4.57 Å². The van der Waals surface area contributed by atoms with E-state index < -0.39 is 0 Å². The number of fused-ring (bicyclic) bond motifs is 1. The fourth-order valence-electron chi connectivity index (χ4n) is 3.18. The van der Waals surface area contributed by atoms with Gasteiger partial charge in [-0.05, 0) is 37.8 Å². The summed E-state index contributed by atoms with van der Waals surface area (Å²) >= 11 is 0. The highest BCUT2D eigenvalue weighted by Gasteiger charge is 2.19. The van der Waals surface area contributed by atoms with Crippen LogP contribution in [0.2, 0.25) is 0 Å². The van der Waals surface area contributed by atoms with Crippen molar-refractivity contribution in [2.45, 2.75) is 40.3 Å². The number of carbonyl (C=O) groups excluding carboxylic acids is 1. The molecule has 2 aromatic heterocycles. The number of pyridine rings is 1. The fraction of sp³-hybridized carbons (Fsp3) is 0.300. The van der Waals surface area contributed by atoms with E-state index in [4.69, 9.17) is 0 Å². The summed E-state index contributed by atoms with van der Waals surface area (Å²) in [6, 6.07) is 12.3. The lowest BCUT2D eigenvalue weighted by Crippen LogP contribution is -2.37. The minimum Gasteiger partial charge on any atom is -0.348 e. The Morgan fingerprint density at radius 3 is 2.61 bits per heavy atom. The molecule has 3 nitrogen and oxygen atoms in total. The Morgan fingerprint density at radius 2 is 1.87 bits per heavy atom. The topological polar surface area (TPSA) is 25.9 Å². The first-order valence-corrected chi connectivity index (χ1v) is 8.18. The number of aromatic nitrogens is 2. The van der Waals surface area contributed by atoms with E-state index >= 15 is 0 Å². The predicted molar refractivity (Wildman–Crippen MR) is 92.7 cm³/mol. The van der Waals surface area contributed by atoms with E-state index in [-0.39, 0.29) is 5.78 Å². The van der Waals surface area contributed by atoms with Crippen LogP contribution in [0.25, 0.3) is 10.8 Å². The number of hydrogen-bond acceptors (Lipinski definition) is 1. The number of aryl methyl sites for hydroxylation is 1. The summed E-state index contributed by atoms with van der Waals surface area (Å²) in [4.78, 5) is 12.7. The third-order valence-corrected chi connectivity index (χ3v) is 4.39. The lowest BCUT2D eigenvalue weighted by atomic mass is 10.1. The van der Waals surface area contributed by atoms with Crippen LogP contribution < -0.4 is 4.57 Å². The van der Waals surface area contributed by atoms with Gasteiger partial charge in [-0.25, -0.2) is 0 Å². The molecule has 3 rings (SSSR count). The lowest BCUT2D eigenvalue weighted by molar-refractivity contribution is -0.681. The maximum absolute atomic E-state index is 12.7. The molecule has 0 spiro atoms. The van der Waals surface area contributed by atoms with E-state index in [0.717, 1.165) is 35.3 Å². The van der Waals surface area contributed by atoms with Crippen LogP contribution in [0, 0.1) is 13.8 Å². The van der Waals surface area contributed by atoms with Gasteiger partial charge in [0, 0.05) is 34.9 Å². The normalized spacial score (nSPS) is 11.1. The fourth-order valence-corrected chi connectivity index (χ4v) is 3.18. The molecular weight excluding hydrogens is 284 g/mol. The molecule has 0 aliphatic rings. The third kappa shape index (κ3) is 3.04. The Kier molecular flexibility index (Phi) is 4.28. The van der Waals surface area contributed by atoms with Crippen molar-refractivity contribution >= 4 is 16.6 Å². The van der Waals surface area contributed by atoms with E-state index in [1.165, 1.54) is 5.39 Å². The zero-order valence-electron chi connectivity index (χ0n) is 14.0. The SMILES string of the molecule is CCCn1c(C)cc(C(=O)C[n+]2ccc3ccccc3c2)c1C. The van der Waals surface area contributed by atoms with Crippen LogP contribution in [0.1, 0.15) is 35.1 Å². The van der Waals surface area contributed by atoms with Crippen LogP contribution in [0.5, 0.6) is 0 Å². The molecule has 3 heteroatoms. The molecule has 0 unspecified atom stereocenters. The van der Waals surface area contributed by atoms with Gasteiger partial charge in [0.1, 0.15) is 0 Å². The molecular formula is C20H23N2O+. The second kappa shape index (κ2) is 6.37. The van der Waals surface area contributed by atoms with Crippen molar-refractivity contribution in [3.8, 4) is 0 Å². The van der Waals surface area contributed by atoms with E-state index in [1.54, 1.807) is 0 Å². The van der Waals surface area contributed by atoms with Crippen LogP contribution in [0.15, 0.2) is 48.8 Å². The molecule has 23 heavy (non-hydrogen) atoms. The number of rotatable bonds is 5. The summed E-state index contributed by atoms with van der Waals surface area (Å²) in [5, 5.41) is 2.34. The molecule has 3 aromatic rings. The molecule has 0 saturated heterocycles. The highest BCUT2D eigenvalue weighted by atomic mass is 16.1. The van der Waals surface area contributed by atoms with Gasteiger partial charge in [0.25, 0.3) is 0 Å². The average Bonchev–Trinajstić information content (AvgIpc) is 2.83. The molecule has 2 heterocycles. The number of Topliss-reactive ketones (excluding diaryl/α,β-unsaturated/α-hetero) is 1. The highest BCUT2D eigenvalue weighted by Crippen LogP contribution is 2.16. The van der Waals surface area contributed by atoms with E-state index in [9.17, 15) is 4.79 Å². The number of benzene rings is 1. The second-order valence-corrected chi connectivity index (χ2v) is 6.11. The number of carbonyl (C=O) groups is 1. The van der Waals surface area contributed by atoms with Gasteiger partial charge in [0.2, 0.25) is 12.3 Å². The standard InChI is InChI=1S/C20H23N2O/c1-4-10-22-15(2)12-19(16(22)3)20(23)14-21-11-9-17-7-5-6-8-18(17)13-21/h5-9,11-13H,4,10,14H2,1-3H3/q+1. The molecule has 0 aliphatic heterocycles. The Bertz CT molecular complexity index is 861. The molecule has 1 aromatic carbocycles. The van der Waals surface area contributed by atoms with Crippen LogP contribution in [-0.2, 0) is 13.1 Å². The van der Waals surface area contributed by atoms with Crippen molar-refractivity contribution in [2.75, 3.05) is 0 Å². The summed E-state index contributed by atoms with van der Waals surface area (Å²) in [6.45, 7) is 7.62. The zero-order valence-corrected chi connectivity index (χ0v) is 14.0. The quantitative estimate of drug-likeness (QED) is 0.519. The van der Waals surface area contributed by atoms with Gasteiger partial charge in [-0.2, -0.15) is 4.57 Å². The maximum Gasteiger partial charge on any atom is 0.229 e. The minimum absolute atomic E-state index is 0.167. The lowest BCUT2D eigenvalue weighted by Gasteiger charge is -2.07. The maximum atomic E-state index is 12.7. The molecule has 0 radical (unpaired) electrons. The van der Waals surface area contributed by atoms with Crippen LogP contribution >= 0.6 is 0 Å². The number of hydrogen-bond donors (Lipinski definition) is 0. The van der Waals surface area contributed by atoms with Gasteiger partial charge in [-0.15, -0.1) is 0 Å². The van der Waals surface area contributed by atoms with Crippen molar-refractivity contribution in [3.63, 3.8) is 0 Å². The summed E-state index contributed by atoms with van der Waals surface area (Å²) in [7, 11) is 0. The summed E-state index contributed by atoms with van der Waals surface area (Å²) < 4.78 is 4.20. The molecule has 0 bridgehead atoms. The first kappa shape index (κ1) is 15.5. The average molecular weight is 307 g/mol. The smallest absolute Gasteiger partial charge is 0.229 e. The molecule has 0 aliphatic carbocycles. The van der Waals surface area contributed by atoms with Gasteiger partial charge >= 0.3 is 0 Å². The van der Waals surface area contributed by atoms with Crippen LogP contribution in [0.4, 0.5) is 0 Å². The predicted octanol–water partition coefficient (Wildman–Crippen LogP) is 3.84. The molecule has 0 atom stereocenters. The Morgan fingerprint density at radius 1 is 1.13 bits per heavy atom. The number of ketones is 1. The van der Waals surface area contributed by atoms with Gasteiger partial charge in [-0.1, -0.05) is 25.1 Å². The van der Waals surface area contributed by atoms with Gasteiger partial charge in [-0.3, -0.25) is 4.79 Å². The van der Waals surface area contributed by atoms with E-state index in [1.807, 2.05) is 42.1 Å². The van der Waals surface area contributed by atoms with Crippen molar-refractivity contribution in [2.24, 2.45) is 0 Å². The Labute approximate surface area is 137 Å². The molecule has 0 N–H and O–H groups in total. The summed E-state index contributed by atoms with van der Waals surface area (Å²) in [5.41, 5.74) is 3.09. The van der Waals surface area contributed by atoms with Crippen LogP contribution in [-0.4, -0.2) is 10.4 Å². The van der Waals surface area contributed by atoms with Crippen molar-refractivity contribution in [1.29, 1.82) is 0 Å². The molecule has 0 amide bonds. The minimum atomic E-state index is 0.167. The van der Waals surface area contributed by atoms with Crippen molar-refractivity contribution in [1.82, 2.24) is 4.57 Å². The first-order chi connectivity index (χ1) is 11.1. The van der Waals surface area contributed by atoms with Crippen molar-refractivity contribution < 1.29 is 9.36 Å². The summed E-state index contributed by atoms with van der Waals surface area (Å²) in [5.74, 6) is 0.167. The monoisotopic (exact) mass is 307 g/mol. The van der Waals surface area contributed by atoms with E-state index in [0.29, 0.717) is 6.54 Å². The summed E-state index contributed by atoms with van der Waals surface area (Å²) in [6.07, 6.45) is 5.09. The Hall–Kier alpha value is -2.42. The molecule has 0 saturated carbocycles. The largest absolute Gasteiger partial charge is 0.348 e. The van der Waals surface area contributed by atoms with E-state index in [2.05, 4.69) is 36.6 Å². The molecule has 0 fully saturated rings. The van der Waals surface area contributed by atoms with Gasteiger partial charge in [0.15, 0.2) is 12.4 Å². The van der Waals surface area contributed by atoms with Crippen LogP contribution in [0.3, 0.4) is 0 Å². The highest BCUT2D eigenvalue weighted by molar-refractivity contribution is 5.96. The zero-order chi connectivity index (χ0) is 16.4. The number of nitrogens with zero attached hydrogens (tertiary/aromatic N) is 2. The van der Waals surface area contributed by atoms with Crippen molar-refractivity contribution in [3.05, 3.63) is 65.7 Å². The third-order valence-electron chi connectivity index (χ3n) is 4.39. The molecule has 118 valence electrons. The first-order valence-electron chi connectivity index (χ1n) is 8.18.